The molecule has 0 saturated heterocycles. The van der Waals surface area contributed by atoms with Gasteiger partial charge < -0.3 is 0 Å². The summed E-state index contributed by atoms with van der Waals surface area (Å²) in [6.45, 7) is 6.92. The second-order valence-corrected chi connectivity index (χ2v) is 26.3. The SMILES string of the molecule is CCC[CH2][Sn]([CH2]CCC)([CH2]CCC)[c]1ncccn1.Clc1cc(-c2ncccn2)nc2c1CCC2.Clc1cc(Cl)c2c(n1)CCC2. The molecule has 4 aromatic heterocycles. The summed E-state index contributed by atoms with van der Waals surface area (Å²) in [5.74, 6) is 0.638. The molecule has 0 radical (unpaired) electrons. The van der Waals surface area contributed by atoms with Crippen molar-refractivity contribution in [3.63, 3.8) is 0 Å². The van der Waals surface area contributed by atoms with Gasteiger partial charge in [-0.1, -0.05) is 34.8 Å². The van der Waals surface area contributed by atoms with Crippen LogP contribution in [0.1, 0.15) is 94.7 Å². The van der Waals surface area contributed by atoms with Crippen molar-refractivity contribution >= 4 is 57.0 Å². The van der Waals surface area contributed by atoms with Crippen LogP contribution >= 0.6 is 34.8 Å². The zero-order valence-electron chi connectivity index (χ0n) is 27.5. The molecule has 0 bridgehead atoms. The van der Waals surface area contributed by atoms with Crippen LogP contribution in [0.2, 0.25) is 28.5 Å². The number of nitrogens with zero attached hydrogens (tertiary/aromatic N) is 6. The maximum atomic E-state index is 6.23. The zero-order chi connectivity index (χ0) is 32.8. The maximum Gasteiger partial charge on any atom is 0.178 e. The van der Waals surface area contributed by atoms with Crippen molar-refractivity contribution < 1.29 is 0 Å². The molecule has 2 aliphatic rings. The molecular formula is C36H47Cl3N6Sn. The fraction of sp³-hybridized carbons (Fsp3) is 0.500. The molecule has 6 nitrogen and oxygen atoms in total. The monoisotopic (exact) mass is 788 g/mol. The Morgan fingerprint density at radius 2 is 1.09 bits per heavy atom. The van der Waals surface area contributed by atoms with Crippen molar-refractivity contribution in [2.24, 2.45) is 0 Å². The number of halogens is 3. The Hall–Kier alpha value is -1.87. The molecule has 4 aromatic rings. The van der Waals surface area contributed by atoms with Crippen LogP contribution in [0, 0.1) is 0 Å². The maximum absolute atomic E-state index is 6.23. The number of hydrogen-bond acceptors (Lipinski definition) is 6. The first-order valence-electron chi connectivity index (χ1n) is 17.0. The number of aryl methyl sites for hydroxylation is 2. The van der Waals surface area contributed by atoms with E-state index in [0.717, 1.165) is 65.7 Å². The minimum absolute atomic E-state index is 0.510. The number of unbranched alkanes of at least 4 members (excludes halogenated alkanes) is 3. The summed E-state index contributed by atoms with van der Waals surface area (Å²) in [6, 6.07) is 7.33. The summed E-state index contributed by atoms with van der Waals surface area (Å²) >= 11 is 15.6. The van der Waals surface area contributed by atoms with Gasteiger partial charge in [-0.05, 0) is 67.9 Å². The van der Waals surface area contributed by atoms with Gasteiger partial charge >= 0.3 is 123 Å². The molecule has 246 valence electrons. The van der Waals surface area contributed by atoms with Crippen LogP contribution in [-0.2, 0) is 25.7 Å². The fourth-order valence-corrected chi connectivity index (χ4v) is 22.1. The number of aromatic nitrogens is 6. The van der Waals surface area contributed by atoms with E-state index >= 15 is 0 Å². The molecule has 2 aliphatic carbocycles. The van der Waals surface area contributed by atoms with E-state index in [2.05, 4.69) is 40.7 Å². The summed E-state index contributed by atoms with van der Waals surface area (Å²) in [4.78, 5) is 26.5. The predicted octanol–water partition coefficient (Wildman–Crippen LogP) is 10.1. The van der Waals surface area contributed by atoms with E-state index in [1.165, 1.54) is 66.8 Å². The molecule has 0 unspecified atom stereocenters. The Bertz CT molecular complexity index is 1490. The number of rotatable bonds is 11. The van der Waals surface area contributed by atoms with E-state index < -0.39 is 18.4 Å². The van der Waals surface area contributed by atoms with E-state index in [9.17, 15) is 0 Å². The quantitative estimate of drug-likeness (QED) is 0.111. The third kappa shape index (κ3) is 10.3. The predicted molar refractivity (Wildman–Crippen MR) is 195 cm³/mol. The number of hydrogen-bond donors (Lipinski definition) is 0. The van der Waals surface area contributed by atoms with Crippen LogP contribution in [0.25, 0.3) is 11.5 Å². The molecule has 0 aromatic carbocycles. The van der Waals surface area contributed by atoms with Gasteiger partial charge in [0.15, 0.2) is 5.82 Å². The molecule has 46 heavy (non-hydrogen) atoms. The van der Waals surface area contributed by atoms with Gasteiger partial charge in [-0.15, -0.1) is 0 Å². The fourth-order valence-electron chi connectivity index (χ4n) is 6.33. The van der Waals surface area contributed by atoms with Gasteiger partial charge in [0.05, 0.1) is 0 Å². The molecule has 4 heterocycles. The first kappa shape index (κ1) is 37.0. The summed E-state index contributed by atoms with van der Waals surface area (Å²) in [7, 11) is 0. The minimum atomic E-state index is -2.32. The summed E-state index contributed by atoms with van der Waals surface area (Å²) in [6.07, 6.45) is 21.8. The molecular weight excluding hydrogens is 742 g/mol. The largest absolute Gasteiger partial charge is 0.249 e. The van der Waals surface area contributed by atoms with Crippen molar-refractivity contribution in [1.29, 1.82) is 0 Å². The van der Waals surface area contributed by atoms with Gasteiger partial charge in [0, 0.05) is 33.8 Å². The smallest absolute Gasteiger partial charge is 0.178 e. The van der Waals surface area contributed by atoms with Gasteiger partial charge in [-0.25, -0.2) is 19.9 Å². The van der Waals surface area contributed by atoms with E-state index in [4.69, 9.17) is 44.8 Å². The molecule has 10 heteroatoms. The standard InChI is InChI=1S/C12H10ClN3.C8H7Cl2N.C4H3N2.3C4H9.Sn/c13-9-7-11(12-14-5-2-6-15-12)16-10-4-1-3-8(9)10;9-6-4-8(10)11-7-3-1-2-5(6)7;1-2-5-4-6-3-1;3*1-3-4-2;/h2,5-7H,1,3-4H2;4H,1-3H2;1-3H;3*1,3-4H2,2H3;. The molecule has 0 spiro atoms. The van der Waals surface area contributed by atoms with Crippen molar-refractivity contribution in [2.45, 2.75) is 111 Å². The topological polar surface area (TPSA) is 77.3 Å². The van der Waals surface area contributed by atoms with Gasteiger partial charge in [-0.3, -0.25) is 0 Å². The van der Waals surface area contributed by atoms with E-state index in [1.54, 1.807) is 24.5 Å². The molecule has 0 saturated carbocycles. The van der Waals surface area contributed by atoms with Crippen molar-refractivity contribution in [3.8, 4) is 11.5 Å². The van der Waals surface area contributed by atoms with E-state index in [1.807, 2.05) is 24.5 Å². The minimum Gasteiger partial charge on any atom is -0.249 e. The van der Waals surface area contributed by atoms with Gasteiger partial charge in [0.2, 0.25) is 0 Å². The van der Waals surface area contributed by atoms with Crippen LogP contribution in [0.5, 0.6) is 0 Å². The van der Waals surface area contributed by atoms with Gasteiger partial charge in [0.1, 0.15) is 10.8 Å². The van der Waals surface area contributed by atoms with Crippen LogP contribution in [-0.4, -0.2) is 48.3 Å². The average molecular weight is 789 g/mol. The Labute approximate surface area is 294 Å². The normalized spacial score (nSPS) is 13.3. The van der Waals surface area contributed by atoms with Crippen LogP contribution in [0.4, 0.5) is 0 Å². The Morgan fingerprint density at radius 3 is 1.61 bits per heavy atom. The first-order valence-corrected chi connectivity index (χ1v) is 25.6. The first-order chi connectivity index (χ1) is 22.4. The third-order valence-corrected chi connectivity index (χ3v) is 24.4. The second kappa shape index (κ2) is 19.2. The molecule has 0 N–H and O–H groups in total. The van der Waals surface area contributed by atoms with E-state index in [0.29, 0.717) is 11.0 Å². The molecule has 0 amide bonds. The molecule has 0 fully saturated rings. The van der Waals surface area contributed by atoms with Crippen LogP contribution in [0.3, 0.4) is 0 Å². The van der Waals surface area contributed by atoms with Crippen molar-refractivity contribution in [1.82, 2.24) is 29.9 Å². The van der Waals surface area contributed by atoms with Crippen molar-refractivity contribution in [2.75, 3.05) is 0 Å². The van der Waals surface area contributed by atoms with Crippen LogP contribution < -0.4 is 3.84 Å². The summed E-state index contributed by atoms with van der Waals surface area (Å²) < 4.78 is 5.66. The van der Waals surface area contributed by atoms with Gasteiger partial charge in [-0.2, -0.15) is 0 Å². The molecule has 6 rings (SSSR count). The van der Waals surface area contributed by atoms with Gasteiger partial charge in [0.25, 0.3) is 0 Å². The van der Waals surface area contributed by atoms with Crippen LogP contribution in [0.15, 0.2) is 49.1 Å². The Morgan fingerprint density at radius 1 is 0.609 bits per heavy atom. The summed E-state index contributed by atoms with van der Waals surface area (Å²) in [5.41, 5.74) is 5.35. The number of fused-ring (bicyclic) bond motifs is 2. The zero-order valence-corrected chi connectivity index (χ0v) is 32.7. The average Bonchev–Trinajstić information content (AvgIpc) is 3.77. The third-order valence-electron chi connectivity index (χ3n) is 8.82. The molecule has 0 aliphatic heterocycles. The van der Waals surface area contributed by atoms with E-state index in [-0.39, 0.29) is 0 Å². The van der Waals surface area contributed by atoms with Crippen molar-refractivity contribution in [3.05, 3.63) is 86.8 Å². The molecule has 0 atom stereocenters. The Kier molecular flexibility index (Phi) is 15.4. The second-order valence-electron chi connectivity index (χ2n) is 12.2. The summed E-state index contributed by atoms with van der Waals surface area (Å²) in [5, 5.41) is 2.08. The number of pyridine rings is 2. The Balaban J connectivity index is 0.000000161.